The lowest BCUT2D eigenvalue weighted by atomic mass is 10.1. The Kier molecular flexibility index (Phi) is 3.90. The lowest BCUT2D eigenvalue weighted by molar-refractivity contribution is 0.0860. The second-order valence-electron chi connectivity index (χ2n) is 5.44. The Morgan fingerprint density at radius 2 is 2.00 bits per heavy atom. The minimum absolute atomic E-state index is 0.151. The van der Waals surface area contributed by atoms with E-state index in [4.69, 9.17) is 9.63 Å². The van der Waals surface area contributed by atoms with E-state index >= 15 is 0 Å². The molecule has 0 aliphatic rings. The molecule has 0 unspecified atom stereocenters. The van der Waals surface area contributed by atoms with Gasteiger partial charge in [0.2, 0.25) is 0 Å². The lowest BCUT2D eigenvalue weighted by Crippen LogP contribution is -2.46. The Morgan fingerprint density at radius 3 is 2.60 bits per heavy atom. The van der Waals surface area contributed by atoms with Gasteiger partial charge in [-0.25, -0.2) is 0 Å². The van der Waals surface area contributed by atoms with Crippen LogP contribution < -0.4 is 5.32 Å². The van der Waals surface area contributed by atoms with Crippen molar-refractivity contribution in [3.8, 4) is 11.3 Å². The minimum atomic E-state index is -0.694. The quantitative estimate of drug-likeness (QED) is 0.895. The molecule has 20 heavy (non-hydrogen) atoms. The van der Waals surface area contributed by atoms with Crippen molar-refractivity contribution in [2.45, 2.75) is 26.3 Å². The summed E-state index contributed by atoms with van der Waals surface area (Å²) < 4.78 is 5.19. The summed E-state index contributed by atoms with van der Waals surface area (Å²) in [5, 5.41) is 15.6. The Balaban J connectivity index is 2.17. The Bertz CT molecular complexity index is 600. The topological polar surface area (TPSA) is 75.4 Å². The van der Waals surface area contributed by atoms with Gasteiger partial charge in [0.05, 0.1) is 12.1 Å². The smallest absolute Gasteiger partial charge is 0.273 e. The van der Waals surface area contributed by atoms with Crippen LogP contribution in [0.1, 0.15) is 29.9 Å². The number of aromatic nitrogens is 1. The molecule has 0 saturated carbocycles. The molecule has 0 radical (unpaired) electrons. The summed E-state index contributed by atoms with van der Waals surface area (Å²) in [6.45, 7) is 5.30. The molecule has 1 aromatic carbocycles. The largest absolute Gasteiger partial charge is 0.394 e. The summed E-state index contributed by atoms with van der Waals surface area (Å²) >= 11 is 0. The molecular weight excluding hydrogens is 256 g/mol. The average molecular weight is 274 g/mol. The fourth-order valence-electron chi connectivity index (χ4n) is 1.65. The summed E-state index contributed by atoms with van der Waals surface area (Å²) in [7, 11) is 0. The van der Waals surface area contributed by atoms with Crippen molar-refractivity contribution in [2.24, 2.45) is 0 Å². The van der Waals surface area contributed by atoms with Crippen LogP contribution in [-0.2, 0) is 0 Å². The van der Waals surface area contributed by atoms with Gasteiger partial charge in [-0.05, 0) is 20.8 Å². The van der Waals surface area contributed by atoms with Crippen molar-refractivity contribution < 1.29 is 14.4 Å². The zero-order valence-corrected chi connectivity index (χ0v) is 11.8. The molecule has 0 spiro atoms. The van der Waals surface area contributed by atoms with Gasteiger partial charge in [-0.3, -0.25) is 4.79 Å². The van der Waals surface area contributed by atoms with Crippen LogP contribution in [-0.4, -0.2) is 28.3 Å². The summed E-state index contributed by atoms with van der Waals surface area (Å²) in [6, 6.07) is 9.34. The first-order valence-corrected chi connectivity index (χ1v) is 6.38. The molecule has 0 aliphatic carbocycles. The molecule has 2 N–H and O–H groups in total. The van der Waals surface area contributed by atoms with Gasteiger partial charge >= 0.3 is 0 Å². The Morgan fingerprint density at radius 1 is 1.35 bits per heavy atom. The first-order chi connectivity index (χ1) is 9.41. The van der Waals surface area contributed by atoms with E-state index in [-0.39, 0.29) is 18.2 Å². The van der Waals surface area contributed by atoms with Crippen molar-refractivity contribution in [2.75, 3.05) is 6.61 Å². The SMILES string of the molecule is Cc1ccc(-c2cc(C(=O)NC(C)(C)CO)no2)cc1. The molecule has 0 fully saturated rings. The van der Waals surface area contributed by atoms with Crippen LogP contribution >= 0.6 is 0 Å². The number of rotatable bonds is 4. The molecular formula is C15H18N2O3. The van der Waals surface area contributed by atoms with Gasteiger partial charge in [-0.1, -0.05) is 35.0 Å². The number of nitrogens with one attached hydrogen (secondary N) is 1. The molecule has 2 rings (SSSR count). The number of nitrogens with zero attached hydrogens (tertiary/aromatic N) is 1. The number of hydrogen-bond acceptors (Lipinski definition) is 4. The lowest BCUT2D eigenvalue weighted by Gasteiger charge is -2.22. The van der Waals surface area contributed by atoms with Gasteiger partial charge in [-0.2, -0.15) is 0 Å². The first-order valence-electron chi connectivity index (χ1n) is 6.38. The highest BCUT2D eigenvalue weighted by Gasteiger charge is 2.22. The zero-order chi connectivity index (χ0) is 14.8. The normalized spacial score (nSPS) is 11.4. The molecule has 0 aliphatic heterocycles. The van der Waals surface area contributed by atoms with E-state index in [9.17, 15) is 4.79 Å². The van der Waals surface area contributed by atoms with Gasteiger partial charge in [0.15, 0.2) is 11.5 Å². The maximum absolute atomic E-state index is 12.0. The number of benzene rings is 1. The standard InChI is InChI=1S/C15H18N2O3/c1-10-4-6-11(7-5-10)13-8-12(17-20-13)14(19)16-15(2,3)9-18/h4-8,18H,9H2,1-3H3,(H,16,19). The van der Waals surface area contributed by atoms with Gasteiger partial charge in [0, 0.05) is 11.6 Å². The second-order valence-corrected chi connectivity index (χ2v) is 5.44. The van der Waals surface area contributed by atoms with Gasteiger partial charge in [0.1, 0.15) is 0 Å². The van der Waals surface area contributed by atoms with Crippen LogP contribution in [0.25, 0.3) is 11.3 Å². The number of aliphatic hydroxyl groups excluding tert-OH is 1. The van der Waals surface area contributed by atoms with Crippen LogP contribution in [0.4, 0.5) is 0 Å². The van der Waals surface area contributed by atoms with Crippen LogP contribution in [0.15, 0.2) is 34.9 Å². The van der Waals surface area contributed by atoms with Crippen molar-refractivity contribution in [3.05, 3.63) is 41.6 Å². The summed E-state index contributed by atoms with van der Waals surface area (Å²) in [5.74, 6) is 0.170. The van der Waals surface area contributed by atoms with E-state index in [1.54, 1.807) is 19.9 Å². The summed E-state index contributed by atoms with van der Waals surface area (Å²) in [5.41, 5.74) is 1.52. The fourth-order valence-corrected chi connectivity index (χ4v) is 1.65. The minimum Gasteiger partial charge on any atom is -0.394 e. The molecule has 5 nitrogen and oxygen atoms in total. The van der Waals surface area contributed by atoms with Crippen LogP contribution in [0, 0.1) is 6.92 Å². The third-order valence-corrected chi connectivity index (χ3v) is 2.93. The highest BCUT2D eigenvalue weighted by Crippen LogP contribution is 2.20. The Labute approximate surface area is 117 Å². The molecule has 1 amide bonds. The third-order valence-electron chi connectivity index (χ3n) is 2.93. The number of aryl methyl sites for hydroxylation is 1. The third kappa shape index (κ3) is 3.24. The zero-order valence-electron chi connectivity index (χ0n) is 11.8. The molecule has 1 aromatic heterocycles. The van der Waals surface area contributed by atoms with Gasteiger partial charge < -0.3 is 14.9 Å². The van der Waals surface area contributed by atoms with Crippen molar-refractivity contribution in [1.29, 1.82) is 0 Å². The average Bonchev–Trinajstić information content (AvgIpc) is 2.89. The predicted molar refractivity (Wildman–Crippen MR) is 75.3 cm³/mol. The predicted octanol–water partition coefficient (Wildman–Crippen LogP) is 2.15. The van der Waals surface area contributed by atoms with Gasteiger partial charge in [0.25, 0.3) is 5.91 Å². The van der Waals surface area contributed by atoms with Crippen LogP contribution in [0.5, 0.6) is 0 Å². The molecule has 0 bridgehead atoms. The number of carbonyl (C=O) groups excluding carboxylic acids is 1. The Hall–Kier alpha value is -2.14. The second kappa shape index (κ2) is 5.46. The van der Waals surface area contributed by atoms with Gasteiger partial charge in [-0.15, -0.1) is 0 Å². The number of amides is 1. The molecule has 106 valence electrons. The van der Waals surface area contributed by atoms with E-state index in [2.05, 4.69) is 10.5 Å². The van der Waals surface area contributed by atoms with Crippen molar-refractivity contribution in [3.63, 3.8) is 0 Å². The molecule has 2 aromatic rings. The highest BCUT2D eigenvalue weighted by atomic mass is 16.5. The molecule has 5 heteroatoms. The van der Waals surface area contributed by atoms with Crippen molar-refractivity contribution in [1.82, 2.24) is 10.5 Å². The maximum Gasteiger partial charge on any atom is 0.273 e. The number of hydrogen-bond donors (Lipinski definition) is 2. The highest BCUT2D eigenvalue weighted by molar-refractivity contribution is 5.93. The molecule has 0 atom stereocenters. The van der Waals surface area contributed by atoms with Crippen LogP contribution in [0.2, 0.25) is 0 Å². The van der Waals surface area contributed by atoms with E-state index in [1.807, 2.05) is 31.2 Å². The number of carbonyl (C=O) groups is 1. The summed E-state index contributed by atoms with van der Waals surface area (Å²) in [6.07, 6.45) is 0. The molecule has 1 heterocycles. The van der Waals surface area contributed by atoms with E-state index in [0.29, 0.717) is 5.76 Å². The molecule has 0 saturated heterocycles. The monoisotopic (exact) mass is 274 g/mol. The van der Waals surface area contributed by atoms with E-state index in [1.165, 1.54) is 0 Å². The van der Waals surface area contributed by atoms with E-state index in [0.717, 1.165) is 11.1 Å². The van der Waals surface area contributed by atoms with Crippen LogP contribution in [0.3, 0.4) is 0 Å². The number of aliphatic hydroxyl groups is 1. The fraction of sp³-hybridized carbons (Fsp3) is 0.333. The maximum atomic E-state index is 12.0. The summed E-state index contributed by atoms with van der Waals surface area (Å²) in [4.78, 5) is 12.0. The van der Waals surface area contributed by atoms with Crippen molar-refractivity contribution >= 4 is 5.91 Å². The van der Waals surface area contributed by atoms with E-state index < -0.39 is 5.54 Å². The first kappa shape index (κ1) is 14.3.